The quantitative estimate of drug-likeness (QED) is 0.713. The molecular formula is C14H15NO4. The Morgan fingerprint density at radius 2 is 1.89 bits per heavy atom. The number of morpholine rings is 1. The van der Waals surface area contributed by atoms with E-state index in [2.05, 4.69) is 0 Å². The molecule has 0 aromatic heterocycles. The van der Waals surface area contributed by atoms with Crippen molar-refractivity contribution in [1.29, 1.82) is 0 Å². The van der Waals surface area contributed by atoms with Gasteiger partial charge in [0.05, 0.1) is 13.2 Å². The maximum atomic E-state index is 12.0. The summed E-state index contributed by atoms with van der Waals surface area (Å²) in [7, 11) is 0. The molecule has 0 aliphatic carbocycles. The third-order valence-corrected chi connectivity index (χ3v) is 3.07. The SMILES string of the molecule is O=C(/C=C1/COc2ccccc2O1)N1CCOCC1. The number of para-hydroxylation sites is 2. The Kier molecular flexibility index (Phi) is 3.37. The molecule has 2 heterocycles. The summed E-state index contributed by atoms with van der Waals surface area (Å²) in [5.74, 6) is 1.84. The standard InChI is InChI=1S/C14H15NO4/c16-14(15-5-7-17-8-6-15)9-11-10-18-12-3-1-2-4-13(12)19-11/h1-4,9H,5-8,10H2/b11-9-. The monoisotopic (exact) mass is 261 g/mol. The van der Waals surface area contributed by atoms with Crippen LogP contribution < -0.4 is 9.47 Å². The lowest BCUT2D eigenvalue weighted by Crippen LogP contribution is -2.40. The van der Waals surface area contributed by atoms with Crippen molar-refractivity contribution in [1.82, 2.24) is 4.90 Å². The van der Waals surface area contributed by atoms with Crippen molar-refractivity contribution in [3.8, 4) is 11.5 Å². The summed E-state index contributed by atoms with van der Waals surface area (Å²) in [4.78, 5) is 13.8. The maximum absolute atomic E-state index is 12.0. The molecule has 0 unspecified atom stereocenters. The summed E-state index contributed by atoms with van der Waals surface area (Å²) in [5.41, 5.74) is 0. The Labute approximate surface area is 111 Å². The second-order valence-electron chi connectivity index (χ2n) is 4.39. The van der Waals surface area contributed by atoms with Crippen LogP contribution in [0.2, 0.25) is 0 Å². The van der Waals surface area contributed by atoms with Gasteiger partial charge in [0.15, 0.2) is 11.5 Å². The average molecular weight is 261 g/mol. The highest BCUT2D eigenvalue weighted by atomic mass is 16.6. The van der Waals surface area contributed by atoms with E-state index in [1.807, 2.05) is 24.3 Å². The minimum absolute atomic E-state index is 0.0544. The third kappa shape index (κ3) is 2.71. The first-order chi connectivity index (χ1) is 9.33. The Balaban J connectivity index is 1.70. The predicted molar refractivity (Wildman–Crippen MR) is 68.0 cm³/mol. The van der Waals surface area contributed by atoms with Crippen molar-refractivity contribution in [3.63, 3.8) is 0 Å². The van der Waals surface area contributed by atoms with Gasteiger partial charge in [-0.15, -0.1) is 0 Å². The Bertz CT molecular complexity index is 506. The number of amides is 1. The van der Waals surface area contributed by atoms with Gasteiger partial charge in [0, 0.05) is 19.2 Å². The molecule has 1 aromatic carbocycles. The molecule has 1 saturated heterocycles. The number of benzene rings is 1. The number of fused-ring (bicyclic) bond motifs is 1. The number of carbonyl (C=O) groups is 1. The van der Waals surface area contributed by atoms with Gasteiger partial charge in [-0.3, -0.25) is 4.79 Å². The van der Waals surface area contributed by atoms with E-state index >= 15 is 0 Å². The molecule has 5 nitrogen and oxygen atoms in total. The normalized spacial score (nSPS) is 20.4. The molecule has 1 amide bonds. The molecule has 0 atom stereocenters. The number of carbonyl (C=O) groups excluding carboxylic acids is 1. The number of nitrogens with zero attached hydrogens (tertiary/aromatic N) is 1. The number of ether oxygens (including phenoxy) is 3. The lowest BCUT2D eigenvalue weighted by atomic mass is 10.3. The fourth-order valence-corrected chi connectivity index (χ4v) is 2.06. The zero-order chi connectivity index (χ0) is 13.1. The zero-order valence-corrected chi connectivity index (χ0v) is 10.5. The Morgan fingerprint density at radius 3 is 2.68 bits per heavy atom. The van der Waals surface area contributed by atoms with Gasteiger partial charge in [0.25, 0.3) is 0 Å². The fourth-order valence-electron chi connectivity index (χ4n) is 2.06. The van der Waals surface area contributed by atoms with E-state index < -0.39 is 0 Å². The molecule has 0 saturated carbocycles. The summed E-state index contributed by atoms with van der Waals surface area (Å²) in [5, 5.41) is 0. The molecular weight excluding hydrogens is 246 g/mol. The van der Waals surface area contributed by atoms with Crippen LogP contribution in [0.3, 0.4) is 0 Å². The molecule has 2 aliphatic heterocycles. The first-order valence-electron chi connectivity index (χ1n) is 6.30. The first-order valence-corrected chi connectivity index (χ1v) is 6.30. The van der Waals surface area contributed by atoms with Crippen LogP contribution in [0.15, 0.2) is 36.1 Å². The molecule has 3 rings (SSSR count). The molecule has 1 fully saturated rings. The largest absolute Gasteiger partial charge is 0.482 e. The molecule has 0 bridgehead atoms. The predicted octanol–water partition coefficient (Wildman–Crippen LogP) is 1.20. The van der Waals surface area contributed by atoms with Crippen LogP contribution in [0, 0.1) is 0 Å². The van der Waals surface area contributed by atoms with Crippen LogP contribution >= 0.6 is 0 Å². The summed E-state index contributed by atoms with van der Waals surface area (Å²) >= 11 is 0. The summed E-state index contributed by atoms with van der Waals surface area (Å²) in [6.07, 6.45) is 1.50. The smallest absolute Gasteiger partial charge is 0.250 e. The fraction of sp³-hybridized carbons (Fsp3) is 0.357. The van der Waals surface area contributed by atoms with Crippen LogP contribution in [0.4, 0.5) is 0 Å². The molecule has 19 heavy (non-hydrogen) atoms. The highest BCUT2D eigenvalue weighted by Crippen LogP contribution is 2.31. The van der Waals surface area contributed by atoms with Crippen LogP contribution in [0.1, 0.15) is 0 Å². The van der Waals surface area contributed by atoms with Gasteiger partial charge in [-0.1, -0.05) is 12.1 Å². The summed E-state index contributed by atoms with van der Waals surface area (Å²) in [6.45, 7) is 2.72. The van der Waals surface area contributed by atoms with E-state index in [0.29, 0.717) is 43.6 Å². The van der Waals surface area contributed by atoms with E-state index in [0.717, 1.165) is 0 Å². The van der Waals surface area contributed by atoms with Crippen molar-refractivity contribution < 1.29 is 19.0 Å². The minimum Gasteiger partial charge on any atom is -0.482 e. The van der Waals surface area contributed by atoms with Crippen LogP contribution in [0.5, 0.6) is 11.5 Å². The second kappa shape index (κ2) is 5.32. The lowest BCUT2D eigenvalue weighted by Gasteiger charge is -2.26. The van der Waals surface area contributed by atoms with Gasteiger partial charge >= 0.3 is 0 Å². The highest BCUT2D eigenvalue weighted by Gasteiger charge is 2.19. The molecule has 0 spiro atoms. The van der Waals surface area contributed by atoms with Crippen molar-refractivity contribution in [2.75, 3.05) is 32.9 Å². The molecule has 1 aromatic rings. The van der Waals surface area contributed by atoms with Crippen molar-refractivity contribution in [2.45, 2.75) is 0 Å². The van der Waals surface area contributed by atoms with Crippen molar-refractivity contribution >= 4 is 5.91 Å². The van der Waals surface area contributed by atoms with Crippen LogP contribution in [0.25, 0.3) is 0 Å². The summed E-state index contributed by atoms with van der Waals surface area (Å²) in [6, 6.07) is 7.42. The summed E-state index contributed by atoms with van der Waals surface area (Å²) < 4.78 is 16.4. The first kappa shape index (κ1) is 12.0. The molecule has 5 heteroatoms. The molecule has 0 N–H and O–H groups in total. The minimum atomic E-state index is -0.0544. The van der Waals surface area contributed by atoms with E-state index in [-0.39, 0.29) is 12.5 Å². The van der Waals surface area contributed by atoms with Crippen molar-refractivity contribution in [3.05, 3.63) is 36.1 Å². The van der Waals surface area contributed by atoms with E-state index in [4.69, 9.17) is 14.2 Å². The Hall–Kier alpha value is -2.01. The highest BCUT2D eigenvalue weighted by molar-refractivity contribution is 5.88. The van der Waals surface area contributed by atoms with Gasteiger partial charge in [0.2, 0.25) is 5.91 Å². The van der Waals surface area contributed by atoms with E-state index in [1.165, 1.54) is 6.08 Å². The van der Waals surface area contributed by atoms with Crippen LogP contribution in [-0.2, 0) is 9.53 Å². The van der Waals surface area contributed by atoms with Gasteiger partial charge in [-0.05, 0) is 12.1 Å². The van der Waals surface area contributed by atoms with E-state index in [9.17, 15) is 4.79 Å². The Morgan fingerprint density at radius 1 is 1.16 bits per heavy atom. The van der Waals surface area contributed by atoms with Crippen molar-refractivity contribution in [2.24, 2.45) is 0 Å². The topological polar surface area (TPSA) is 48.0 Å². The van der Waals surface area contributed by atoms with Gasteiger partial charge in [-0.25, -0.2) is 0 Å². The number of hydrogen-bond donors (Lipinski definition) is 0. The molecule has 100 valence electrons. The average Bonchev–Trinajstić information content (AvgIpc) is 2.48. The van der Waals surface area contributed by atoms with Gasteiger partial charge < -0.3 is 19.1 Å². The number of rotatable bonds is 1. The second-order valence-corrected chi connectivity index (χ2v) is 4.39. The van der Waals surface area contributed by atoms with Crippen LogP contribution in [-0.4, -0.2) is 43.7 Å². The van der Waals surface area contributed by atoms with Gasteiger partial charge in [-0.2, -0.15) is 0 Å². The van der Waals surface area contributed by atoms with E-state index in [1.54, 1.807) is 4.90 Å². The maximum Gasteiger partial charge on any atom is 0.250 e. The third-order valence-electron chi connectivity index (χ3n) is 3.07. The number of hydrogen-bond acceptors (Lipinski definition) is 4. The zero-order valence-electron chi connectivity index (χ0n) is 10.5. The van der Waals surface area contributed by atoms with Gasteiger partial charge in [0.1, 0.15) is 12.4 Å². The molecule has 0 radical (unpaired) electrons. The lowest BCUT2D eigenvalue weighted by molar-refractivity contribution is -0.130. The molecule has 2 aliphatic rings.